The zero-order valence-electron chi connectivity index (χ0n) is 25.5. The molecular formula is C34H43N3O5. The van der Waals surface area contributed by atoms with Crippen molar-refractivity contribution in [2.75, 3.05) is 34.5 Å². The SMILES string of the molecule is COc1cc(C(=O)NCCCCCc2nc3ccccc3n2CCCCOc2cc(C)cc(C)c2)cc(OC)c1OC. The van der Waals surface area contributed by atoms with Crippen molar-refractivity contribution in [1.29, 1.82) is 0 Å². The number of hydrogen-bond acceptors (Lipinski definition) is 6. The van der Waals surface area contributed by atoms with Gasteiger partial charge in [-0.05, 0) is 87.1 Å². The van der Waals surface area contributed by atoms with E-state index in [-0.39, 0.29) is 5.91 Å². The average Bonchev–Trinajstić information content (AvgIpc) is 3.34. The standard InChI is InChI=1S/C34H43N3O5/c1-24-19-25(2)21-27(20-24)42-18-12-11-17-37-29-14-9-8-13-28(29)36-32(37)15-7-6-10-16-35-34(38)26-22-30(39-3)33(41-5)31(23-26)40-4/h8-9,13-14,19-23H,6-7,10-12,15-18H2,1-5H3,(H,35,38). The van der Waals surface area contributed by atoms with Crippen molar-refractivity contribution in [1.82, 2.24) is 14.9 Å². The van der Waals surface area contributed by atoms with Crippen LogP contribution in [0.5, 0.6) is 23.0 Å². The van der Waals surface area contributed by atoms with Crippen LogP contribution in [0.4, 0.5) is 0 Å². The molecule has 3 aromatic carbocycles. The molecule has 0 bridgehead atoms. The molecule has 8 nitrogen and oxygen atoms in total. The Kier molecular flexibility index (Phi) is 11.1. The number of nitrogens with one attached hydrogen (secondary N) is 1. The molecule has 0 unspecified atom stereocenters. The van der Waals surface area contributed by atoms with Crippen molar-refractivity contribution < 1.29 is 23.7 Å². The molecule has 224 valence electrons. The fourth-order valence-corrected chi connectivity index (χ4v) is 5.25. The van der Waals surface area contributed by atoms with E-state index < -0.39 is 0 Å². The first-order valence-corrected chi connectivity index (χ1v) is 14.7. The molecule has 1 amide bonds. The predicted octanol–water partition coefficient (Wildman–Crippen LogP) is 6.68. The minimum absolute atomic E-state index is 0.169. The van der Waals surface area contributed by atoms with Crippen LogP contribution in [0.15, 0.2) is 54.6 Å². The van der Waals surface area contributed by atoms with E-state index >= 15 is 0 Å². The normalized spacial score (nSPS) is 11.0. The molecule has 1 N–H and O–H groups in total. The molecule has 0 aliphatic carbocycles. The van der Waals surface area contributed by atoms with E-state index in [1.165, 1.54) is 30.9 Å². The molecule has 0 atom stereocenters. The van der Waals surface area contributed by atoms with Crippen molar-refractivity contribution in [3.05, 3.63) is 77.1 Å². The number of carbonyl (C=O) groups excluding carboxylic acids is 1. The van der Waals surface area contributed by atoms with Crippen molar-refractivity contribution in [3.8, 4) is 23.0 Å². The lowest BCUT2D eigenvalue weighted by Crippen LogP contribution is -2.24. The number of ether oxygens (including phenoxy) is 4. The van der Waals surface area contributed by atoms with Crippen molar-refractivity contribution in [3.63, 3.8) is 0 Å². The average molecular weight is 574 g/mol. The first kappa shape index (κ1) is 30.8. The highest BCUT2D eigenvalue weighted by Gasteiger charge is 2.17. The summed E-state index contributed by atoms with van der Waals surface area (Å²) in [5, 5.41) is 3.00. The van der Waals surface area contributed by atoms with E-state index in [0.29, 0.717) is 36.0 Å². The van der Waals surface area contributed by atoms with Gasteiger partial charge in [-0.15, -0.1) is 0 Å². The smallest absolute Gasteiger partial charge is 0.251 e. The summed E-state index contributed by atoms with van der Waals surface area (Å²) in [6.45, 7) is 6.40. The molecule has 0 radical (unpaired) electrons. The molecule has 0 saturated heterocycles. The van der Waals surface area contributed by atoms with Gasteiger partial charge in [-0.3, -0.25) is 4.79 Å². The number of hydrogen-bond donors (Lipinski definition) is 1. The number of amides is 1. The van der Waals surface area contributed by atoms with Gasteiger partial charge in [-0.1, -0.05) is 24.6 Å². The van der Waals surface area contributed by atoms with Crippen LogP contribution in [0.25, 0.3) is 11.0 Å². The lowest BCUT2D eigenvalue weighted by atomic mass is 10.1. The topological polar surface area (TPSA) is 83.8 Å². The van der Waals surface area contributed by atoms with Gasteiger partial charge in [0.15, 0.2) is 11.5 Å². The Balaban J connectivity index is 1.24. The van der Waals surface area contributed by atoms with E-state index in [4.69, 9.17) is 23.9 Å². The second-order valence-corrected chi connectivity index (χ2v) is 10.5. The third-order valence-corrected chi connectivity index (χ3v) is 7.26. The van der Waals surface area contributed by atoms with Crippen LogP contribution in [0, 0.1) is 13.8 Å². The molecule has 42 heavy (non-hydrogen) atoms. The molecule has 8 heteroatoms. The summed E-state index contributed by atoms with van der Waals surface area (Å²) in [5.74, 6) is 3.28. The minimum Gasteiger partial charge on any atom is -0.494 e. The maximum atomic E-state index is 12.8. The molecule has 1 heterocycles. The van der Waals surface area contributed by atoms with Crippen molar-refractivity contribution in [2.45, 2.75) is 58.9 Å². The van der Waals surface area contributed by atoms with E-state index in [1.807, 2.05) is 6.07 Å². The maximum Gasteiger partial charge on any atom is 0.251 e. The predicted molar refractivity (Wildman–Crippen MR) is 166 cm³/mol. The highest BCUT2D eigenvalue weighted by atomic mass is 16.5. The highest BCUT2D eigenvalue weighted by Crippen LogP contribution is 2.38. The highest BCUT2D eigenvalue weighted by molar-refractivity contribution is 5.95. The zero-order chi connectivity index (χ0) is 29.9. The summed E-state index contributed by atoms with van der Waals surface area (Å²) in [6, 6.07) is 18.0. The van der Waals surface area contributed by atoms with Gasteiger partial charge < -0.3 is 28.8 Å². The number of methoxy groups -OCH3 is 3. The van der Waals surface area contributed by atoms with Gasteiger partial charge in [0.1, 0.15) is 11.6 Å². The molecule has 0 aliphatic heterocycles. The number of fused-ring (bicyclic) bond motifs is 1. The van der Waals surface area contributed by atoms with Gasteiger partial charge in [0, 0.05) is 25.1 Å². The maximum absolute atomic E-state index is 12.8. The number of aryl methyl sites for hydroxylation is 4. The molecule has 0 spiro atoms. The quantitative estimate of drug-likeness (QED) is 0.151. The molecule has 0 saturated carbocycles. The number of carbonyl (C=O) groups is 1. The number of rotatable bonds is 16. The summed E-state index contributed by atoms with van der Waals surface area (Å²) >= 11 is 0. The summed E-state index contributed by atoms with van der Waals surface area (Å²) in [6.07, 6.45) is 5.76. The minimum atomic E-state index is -0.169. The van der Waals surface area contributed by atoms with Crippen LogP contribution in [0.3, 0.4) is 0 Å². The van der Waals surface area contributed by atoms with Gasteiger partial charge in [-0.2, -0.15) is 0 Å². The van der Waals surface area contributed by atoms with Crippen LogP contribution >= 0.6 is 0 Å². The second kappa shape index (κ2) is 15.1. The number of aromatic nitrogens is 2. The van der Waals surface area contributed by atoms with E-state index in [1.54, 1.807) is 19.2 Å². The summed E-state index contributed by atoms with van der Waals surface area (Å²) in [4.78, 5) is 17.7. The summed E-state index contributed by atoms with van der Waals surface area (Å²) in [7, 11) is 4.61. The van der Waals surface area contributed by atoms with Crippen LogP contribution in [-0.2, 0) is 13.0 Å². The molecular weight excluding hydrogens is 530 g/mol. The first-order valence-electron chi connectivity index (χ1n) is 14.7. The molecule has 4 rings (SSSR count). The van der Waals surface area contributed by atoms with Gasteiger partial charge in [-0.25, -0.2) is 4.98 Å². The third-order valence-electron chi connectivity index (χ3n) is 7.26. The monoisotopic (exact) mass is 573 g/mol. The van der Waals surface area contributed by atoms with Crippen LogP contribution in [0.2, 0.25) is 0 Å². The Morgan fingerprint density at radius 1 is 0.833 bits per heavy atom. The van der Waals surface area contributed by atoms with Crippen LogP contribution in [0.1, 0.15) is 59.4 Å². The van der Waals surface area contributed by atoms with Gasteiger partial charge in [0.2, 0.25) is 5.75 Å². The fraction of sp³-hybridized carbons (Fsp3) is 0.412. The fourth-order valence-electron chi connectivity index (χ4n) is 5.25. The Bertz CT molecular complexity index is 1430. The number of nitrogens with zero attached hydrogens (tertiary/aromatic N) is 2. The number of imidazole rings is 1. The Morgan fingerprint density at radius 3 is 2.24 bits per heavy atom. The molecule has 4 aromatic rings. The first-order chi connectivity index (χ1) is 20.4. The number of unbranched alkanes of at least 4 members (excludes halogenated alkanes) is 3. The lowest BCUT2D eigenvalue weighted by molar-refractivity contribution is 0.0952. The van der Waals surface area contributed by atoms with E-state index in [9.17, 15) is 4.79 Å². The number of para-hydroxylation sites is 2. The molecule has 1 aromatic heterocycles. The Hall–Kier alpha value is -4.20. The molecule has 0 aliphatic rings. The Morgan fingerprint density at radius 2 is 1.55 bits per heavy atom. The summed E-state index contributed by atoms with van der Waals surface area (Å²) in [5.41, 5.74) is 5.13. The van der Waals surface area contributed by atoms with Gasteiger partial charge >= 0.3 is 0 Å². The van der Waals surface area contributed by atoms with Gasteiger partial charge in [0.05, 0.1) is 39.0 Å². The number of benzene rings is 3. The third kappa shape index (κ3) is 7.96. The zero-order valence-corrected chi connectivity index (χ0v) is 25.5. The molecule has 0 fully saturated rings. The van der Waals surface area contributed by atoms with Crippen molar-refractivity contribution >= 4 is 16.9 Å². The van der Waals surface area contributed by atoms with Crippen molar-refractivity contribution in [2.24, 2.45) is 0 Å². The van der Waals surface area contributed by atoms with Crippen LogP contribution in [-0.4, -0.2) is 49.9 Å². The summed E-state index contributed by atoms with van der Waals surface area (Å²) < 4.78 is 24.4. The Labute approximate surface area is 249 Å². The van der Waals surface area contributed by atoms with Crippen LogP contribution < -0.4 is 24.3 Å². The van der Waals surface area contributed by atoms with Gasteiger partial charge in [0.25, 0.3) is 5.91 Å². The largest absolute Gasteiger partial charge is 0.494 e. The lowest BCUT2D eigenvalue weighted by Gasteiger charge is -2.14. The van der Waals surface area contributed by atoms with E-state index in [2.05, 4.69) is 60.1 Å². The second-order valence-electron chi connectivity index (χ2n) is 10.5. The van der Waals surface area contributed by atoms with E-state index in [0.717, 1.165) is 62.2 Å².